The number of ether oxygens (including phenoxy) is 1. The van der Waals surface area contributed by atoms with Crippen molar-refractivity contribution in [3.63, 3.8) is 0 Å². The van der Waals surface area contributed by atoms with Gasteiger partial charge in [-0.3, -0.25) is 9.38 Å². The topological polar surface area (TPSA) is 64.3 Å². The summed E-state index contributed by atoms with van der Waals surface area (Å²) in [6.07, 6.45) is 8.59. The van der Waals surface area contributed by atoms with Gasteiger partial charge in [-0.1, -0.05) is 39.8 Å². The minimum absolute atomic E-state index is 0.359. The first-order valence-electron chi connectivity index (χ1n) is 11.2. The van der Waals surface area contributed by atoms with E-state index >= 15 is 0 Å². The summed E-state index contributed by atoms with van der Waals surface area (Å²) in [6, 6.07) is 10.3. The van der Waals surface area contributed by atoms with E-state index in [0.29, 0.717) is 5.92 Å². The van der Waals surface area contributed by atoms with E-state index in [-0.39, 0.29) is 0 Å². The predicted octanol–water partition coefficient (Wildman–Crippen LogP) is 5.91. The third-order valence-electron chi connectivity index (χ3n) is 5.15. The molecule has 0 atom stereocenters. The summed E-state index contributed by atoms with van der Waals surface area (Å²) in [4.78, 5) is 13.9. The first kappa shape index (κ1) is 23.3. The number of nitrogens with zero attached hydrogens (tertiary/aromatic N) is 4. The molecular weight excluding hydrogens is 398 g/mol. The molecule has 0 saturated carbocycles. The monoisotopic (exact) mass is 431 g/mol. The van der Waals surface area contributed by atoms with Crippen molar-refractivity contribution in [1.82, 2.24) is 19.4 Å². The molecule has 0 saturated heterocycles. The highest BCUT2D eigenvalue weighted by Gasteiger charge is 2.14. The van der Waals surface area contributed by atoms with Crippen LogP contribution in [0.25, 0.3) is 16.9 Å². The number of benzene rings is 1. The number of hydrogen-bond acceptors (Lipinski definition) is 5. The standard InChI is InChI=1S/C24H27N5O.C2H6/c1-16(2)22-14-27-24-23(26-10-9-18-5-7-20(30-4)8-6-18)28-21(15-29(22)24)19-11-17(3)12-25-13-19;1-2/h5-8,11-16H,9-10H2,1-4H3,(H,26,28);1-2H3. The molecule has 6 heteroatoms. The Balaban J connectivity index is 0.00000141. The van der Waals surface area contributed by atoms with E-state index in [1.54, 1.807) is 7.11 Å². The van der Waals surface area contributed by atoms with Crippen LogP contribution in [0.4, 0.5) is 5.82 Å². The lowest BCUT2D eigenvalue weighted by atomic mass is 10.1. The molecule has 0 radical (unpaired) electrons. The van der Waals surface area contributed by atoms with Crippen molar-refractivity contribution in [2.24, 2.45) is 0 Å². The van der Waals surface area contributed by atoms with Crippen LogP contribution >= 0.6 is 0 Å². The van der Waals surface area contributed by atoms with Gasteiger partial charge in [0.15, 0.2) is 11.5 Å². The van der Waals surface area contributed by atoms with E-state index in [4.69, 9.17) is 9.72 Å². The molecule has 1 N–H and O–H groups in total. The smallest absolute Gasteiger partial charge is 0.180 e. The minimum atomic E-state index is 0.359. The van der Waals surface area contributed by atoms with Crippen LogP contribution in [-0.4, -0.2) is 33.0 Å². The molecule has 0 spiro atoms. The van der Waals surface area contributed by atoms with Gasteiger partial charge >= 0.3 is 0 Å². The van der Waals surface area contributed by atoms with Crippen molar-refractivity contribution < 1.29 is 4.74 Å². The summed E-state index contributed by atoms with van der Waals surface area (Å²) in [6.45, 7) is 11.2. The number of anilines is 1. The first-order chi connectivity index (χ1) is 15.5. The summed E-state index contributed by atoms with van der Waals surface area (Å²) in [5.74, 6) is 2.01. The van der Waals surface area contributed by atoms with E-state index in [0.717, 1.165) is 52.7 Å². The Kier molecular flexibility index (Phi) is 7.82. The molecule has 0 aliphatic rings. The van der Waals surface area contributed by atoms with Crippen molar-refractivity contribution >= 4 is 11.5 Å². The molecule has 1 aromatic carbocycles. The van der Waals surface area contributed by atoms with Gasteiger partial charge in [0.1, 0.15) is 5.75 Å². The van der Waals surface area contributed by atoms with Crippen molar-refractivity contribution in [3.05, 3.63) is 71.9 Å². The highest BCUT2D eigenvalue weighted by molar-refractivity contribution is 5.69. The normalized spacial score (nSPS) is 10.7. The van der Waals surface area contributed by atoms with Crippen LogP contribution in [0.15, 0.2) is 55.1 Å². The van der Waals surface area contributed by atoms with Crippen LogP contribution in [0.5, 0.6) is 5.75 Å². The fraction of sp³-hybridized carbons (Fsp3) is 0.346. The summed E-state index contributed by atoms with van der Waals surface area (Å²) < 4.78 is 7.38. The van der Waals surface area contributed by atoms with Gasteiger partial charge in [-0.15, -0.1) is 0 Å². The average Bonchev–Trinajstić information content (AvgIpc) is 3.25. The molecule has 4 aromatic rings. The number of aryl methyl sites for hydroxylation is 1. The van der Waals surface area contributed by atoms with E-state index < -0.39 is 0 Å². The Morgan fingerprint density at radius 3 is 2.47 bits per heavy atom. The van der Waals surface area contributed by atoms with E-state index in [2.05, 4.69) is 57.9 Å². The Hall–Kier alpha value is -3.41. The number of nitrogens with one attached hydrogen (secondary N) is 1. The van der Waals surface area contributed by atoms with Crippen LogP contribution in [0.2, 0.25) is 0 Å². The van der Waals surface area contributed by atoms with Gasteiger partial charge in [0, 0.05) is 42.6 Å². The van der Waals surface area contributed by atoms with E-state index in [1.165, 1.54) is 5.56 Å². The van der Waals surface area contributed by atoms with Crippen LogP contribution in [0, 0.1) is 6.92 Å². The number of pyridine rings is 1. The molecule has 3 heterocycles. The van der Waals surface area contributed by atoms with Gasteiger partial charge in [-0.2, -0.15) is 0 Å². The minimum Gasteiger partial charge on any atom is -0.497 e. The van der Waals surface area contributed by atoms with Crippen molar-refractivity contribution in [2.45, 2.75) is 47.0 Å². The summed E-state index contributed by atoms with van der Waals surface area (Å²) >= 11 is 0. The SMILES string of the molecule is CC.COc1ccc(CCNc2nc(-c3cncc(C)c3)cn3c(C(C)C)cnc23)cc1. The van der Waals surface area contributed by atoms with Gasteiger partial charge in [0.05, 0.1) is 12.8 Å². The molecule has 0 aliphatic carbocycles. The lowest BCUT2D eigenvalue weighted by molar-refractivity contribution is 0.414. The lowest BCUT2D eigenvalue weighted by Gasteiger charge is -2.12. The summed E-state index contributed by atoms with van der Waals surface area (Å²) in [7, 11) is 1.68. The fourth-order valence-electron chi connectivity index (χ4n) is 3.50. The van der Waals surface area contributed by atoms with Crippen LogP contribution in [0.1, 0.15) is 50.4 Å². The van der Waals surface area contributed by atoms with E-state index in [9.17, 15) is 0 Å². The third kappa shape index (κ3) is 5.25. The Labute approximate surface area is 190 Å². The number of hydrogen-bond donors (Lipinski definition) is 1. The van der Waals surface area contributed by atoms with Crippen molar-refractivity contribution in [1.29, 1.82) is 0 Å². The summed E-state index contributed by atoms with van der Waals surface area (Å²) in [5.41, 5.74) is 6.23. The molecule has 0 bridgehead atoms. The highest BCUT2D eigenvalue weighted by Crippen LogP contribution is 2.26. The van der Waals surface area contributed by atoms with Gasteiger partial charge in [0.25, 0.3) is 0 Å². The Bertz CT molecular complexity index is 1150. The molecule has 0 unspecified atom stereocenters. The molecule has 32 heavy (non-hydrogen) atoms. The maximum absolute atomic E-state index is 5.23. The molecule has 3 aromatic heterocycles. The largest absolute Gasteiger partial charge is 0.497 e. The first-order valence-corrected chi connectivity index (χ1v) is 11.2. The van der Waals surface area contributed by atoms with Crippen molar-refractivity contribution in [3.8, 4) is 17.0 Å². The fourth-order valence-corrected chi connectivity index (χ4v) is 3.50. The zero-order valence-electron chi connectivity index (χ0n) is 19.9. The molecule has 0 amide bonds. The highest BCUT2D eigenvalue weighted by atomic mass is 16.5. The molecule has 4 rings (SSSR count). The number of imidazole rings is 1. The number of rotatable bonds is 7. The predicted molar refractivity (Wildman–Crippen MR) is 132 cm³/mol. The second-order valence-corrected chi connectivity index (χ2v) is 7.78. The molecule has 6 nitrogen and oxygen atoms in total. The quantitative estimate of drug-likeness (QED) is 0.394. The van der Waals surface area contributed by atoms with Crippen LogP contribution < -0.4 is 10.1 Å². The maximum Gasteiger partial charge on any atom is 0.180 e. The number of aromatic nitrogens is 4. The van der Waals surface area contributed by atoms with E-state index in [1.807, 2.05) is 51.5 Å². The van der Waals surface area contributed by atoms with Crippen molar-refractivity contribution in [2.75, 3.05) is 19.0 Å². The van der Waals surface area contributed by atoms with Gasteiger partial charge in [-0.25, -0.2) is 9.97 Å². The maximum atomic E-state index is 5.23. The van der Waals surface area contributed by atoms with Crippen LogP contribution in [-0.2, 0) is 6.42 Å². The third-order valence-corrected chi connectivity index (χ3v) is 5.15. The van der Waals surface area contributed by atoms with Crippen LogP contribution in [0.3, 0.4) is 0 Å². The molecule has 0 aliphatic heterocycles. The Morgan fingerprint density at radius 1 is 1.06 bits per heavy atom. The number of fused-ring (bicyclic) bond motifs is 1. The zero-order valence-corrected chi connectivity index (χ0v) is 19.9. The second-order valence-electron chi connectivity index (χ2n) is 7.78. The second kappa shape index (κ2) is 10.8. The Morgan fingerprint density at radius 2 is 1.81 bits per heavy atom. The zero-order chi connectivity index (χ0) is 23.1. The van der Waals surface area contributed by atoms with Gasteiger partial charge in [0.2, 0.25) is 0 Å². The van der Waals surface area contributed by atoms with Gasteiger partial charge < -0.3 is 10.1 Å². The summed E-state index contributed by atoms with van der Waals surface area (Å²) in [5, 5.41) is 3.50. The molecular formula is C26H33N5O. The van der Waals surface area contributed by atoms with Gasteiger partial charge in [-0.05, 0) is 48.6 Å². The molecule has 168 valence electrons. The molecule has 0 fully saturated rings. The number of methoxy groups -OCH3 is 1. The lowest BCUT2D eigenvalue weighted by Crippen LogP contribution is -2.09. The average molecular weight is 432 g/mol.